The molecule has 0 saturated carbocycles. The maximum absolute atomic E-state index is 11.2. The number of thiazole rings is 1. The molecule has 0 aliphatic rings. The number of carbonyl (C=O) groups is 1. The lowest BCUT2D eigenvalue weighted by Gasteiger charge is -2.07. The molecule has 1 heterocycles. The van der Waals surface area contributed by atoms with Crippen LogP contribution < -0.4 is 11.1 Å². The Morgan fingerprint density at radius 1 is 1.47 bits per heavy atom. The van der Waals surface area contributed by atoms with Crippen molar-refractivity contribution in [2.75, 3.05) is 5.32 Å². The second kappa shape index (κ2) is 5.59. The molecule has 3 N–H and O–H groups in total. The van der Waals surface area contributed by atoms with Crippen molar-refractivity contribution in [3.8, 4) is 0 Å². The number of nitrogens with zero attached hydrogens (tertiary/aromatic N) is 1. The largest absolute Gasteiger partial charge is 0.380 e. The molecule has 2 aromatic rings. The smallest absolute Gasteiger partial charge is 0.250 e. The van der Waals surface area contributed by atoms with Gasteiger partial charge in [-0.3, -0.25) is 4.79 Å². The topological polar surface area (TPSA) is 68.0 Å². The van der Waals surface area contributed by atoms with Crippen LogP contribution in [0.3, 0.4) is 0 Å². The quantitative estimate of drug-likeness (QED) is 0.910. The number of hydrogen-bond donors (Lipinski definition) is 2. The number of carbonyl (C=O) groups excluding carboxylic acids is 1. The highest BCUT2D eigenvalue weighted by atomic mass is 35.5. The third-order valence-corrected chi connectivity index (χ3v) is 4.09. The van der Waals surface area contributed by atoms with Crippen molar-refractivity contribution in [1.82, 2.24) is 4.98 Å². The summed E-state index contributed by atoms with van der Waals surface area (Å²) in [4.78, 5) is 16.7. The van der Waals surface area contributed by atoms with Crippen LogP contribution in [0.25, 0.3) is 0 Å². The van der Waals surface area contributed by atoms with Crippen molar-refractivity contribution in [2.45, 2.75) is 20.4 Å². The van der Waals surface area contributed by atoms with Crippen molar-refractivity contribution < 1.29 is 4.79 Å². The number of halogens is 1. The first-order valence-corrected chi connectivity index (χ1v) is 6.93. The van der Waals surface area contributed by atoms with Gasteiger partial charge in [0, 0.05) is 10.6 Å². The van der Waals surface area contributed by atoms with Gasteiger partial charge in [0.2, 0.25) is 5.91 Å². The molecule has 100 valence electrons. The summed E-state index contributed by atoms with van der Waals surface area (Å²) in [6.45, 7) is 4.63. The second-order valence-corrected chi connectivity index (χ2v) is 5.85. The average Bonchev–Trinajstić information content (AvgIpc) is 2.66. The summed E-state index contributed by atoms with van der Waals surface area (Å²) in [5.74, 6) is -0.529. The molecule has 0 bridgehead atoms. The Morgan fingerprint density at radius 3 is 2.79 bits per heavy atom. The molecule has 1 aromatic heterocycles. The fraction of sp³-hybridized carbons (Fsp3) is 0.231. The lowest BCUT2D eigenvalue weighted by molar-refractivity contribution is 0.100. The molecule has 0 radical (unpaired) electrons. The first-order chi connectivity index (χ1) is 8.97. The van der Waals surface area contributed by atoms with Gasteiger partial charge in [0.15, 0.2) is 0 Å². The van der Waals surface area contributed by atoms with Crippen molar-refractivity contribution in [2.24, 2.45) is 5.73 Å². The van der Waals surface area contributed by atoms with E-state index >= 15 is 0 Å². The number of aromatic nitrogens is 1. The number of anilines is 1. The number of nitrogens with two attached hydrogens (primary N) is 1. The van der Waals surface area contributed by atoms with E-state index in [1.807, 2.05) is 19.9 Å². The Morgan fingerprint density at radius 2 is 2.21 bits per heavy atom. The van der Waals surface area contributed by atoms with Gasteiger partial charge in [0.25, 0.3) is 0 Å². The first kappa shape index (κ1) is 13.8. The molecular weight excluding hydrogens is 282 g/mol. The highest BCUT2D eigenvalue weighted by Crippen LogP contribution is 2.22. The zero-order valence-electron chi connectivity index (χ0n) is 10.7. The molecule has 1 amide bonds. The number of hydrogen-bond acceptors (Lipinski definition) is 4. The van der Waals surface area contributed by atoms with Crippen LogP contribution in [0.15, 0.2) is 18.2 Å². The predicted octanol–water partition coefficient (Wildman–Crippen LogP) is 3.12. The van der Waals surface area contributed by atoms with Crippen LogP contribution in [0.2, 0.25) is 5.02 Å². The van der Waals surface area contributed by atoms with E-state index in [2.05, 4.69) is 10.3 Å². The molecule has 0 unspecified atom stereocenters. The van der Waals surface area contributed by atoms with Gasteiger partial charge in [0.1, 0.15) is 0 Å². The van der Waals surface area contributed by atoms with Gasteiger partial charge in [-0.15, -0.1) is 11.3 Å². The van der Waals surface area contributed by atoms with E-state index in [1.54, 1.807) is 23.5 Å². The van der Waals surface area contributed by atoms with Gasteiger partial charge in [0.05, 0.1) is 27.8 Å². The Kier molecular flexibility index (Phi) is 4.07. The van der Waals surface area contributed by atoms with Gasteiger partial charge in [-0.25, -0.2) is 4.98 Å². The standard InChI is InChI=1S/C13H14ClN3OS/c1-7-12(19-8(2)17-7)6-16-9-3-4-11(14)10(5-9)13(15)18/h3-5,16H,6H2,1-2H3,(H2,15,18). The van der Waals surface area contributed by atoms with E-state index < -0.39 is 5.91 Å². The van der Waals surface area contributed by atoms with Crippen LogP contribution in [0.1, 0.15) is 25.9 Å². The van der Waals surface area contributed by atoms with E-state index in [9.17, 15) is 4.79 Å². The summed E-state index contributed by atoms with van der Waals surface area (Å²) < 4.78 is 0. The van der Waals surface area contributed by atoms with E-state index in [0.29, 0.717) is 17.1 Å². The zero-order chi connectivity index (χ0) is 14.0. The van der Waals surface area contributed by atoms with Crippen LogP contribution >= 0.6 is 22.9 Å². The summed E-state index contributed by atoms with van der Waals surface area (Å²) in [5.41, 5.74) is 7.42. The molecule has 0 spiro atoms. The van der Waals surface area contributed by atoms with Crippen molar-refractivity contribution in [3.05, 3.63) is 44.4 Å². The number of amides is 1. The summed E-state index contributed by atoms with van der Waals surface area (Å²) in [6.07, 6.45) is 0. The minimum absolute atomic E-state index is 0.323. The summed E-state index contributed by atoms with van der Waals surface area (Å²) in [7, 11) is 0. The third kappa shape index (κ3) is 3.24. The molecule has 19 heavy (non-hydrogen) atoms. The summed E-state index contributed by atoms with van der Waals surface area (Å²) >= 11 is 7.56. The minimum Gasteiger partial charge on any atom is -0.380 e. The Labute approximate surface area is 120 Å². The summed E-state index contributed by atoms with van der Waals surface area (Å²) in [5, 5.41) is 4.65. The van der Waals surface area contributed by atoms with E-state index in [0.717, 1.165) is 16.4 Å². The number of nitrogens with one attached hydrogen (secondary N) is 1. The van der Waals surface area contributed by atoms with Gasteiger partial charge in [-0.05, 0) is 32.0 Å². The van der Waals surface area contributed by atoms with E-state index in [4.69, 9.17) is 17.3 Å². The molecule has 6 heteroatoms. The predicted molar refractivity (Wildman–Crippen MR) is 78.9 cm³/mol. The van der Waals surface area contributed by atoms with Crippen molar-refractivity contribution in [3.63, 3.8) is 0 Å². The van der Waals surface area contributed by atoms with Crippen molar-refractivity contribution in [1.29, 1.82) is 0 Å². The first-order valence-electron chi connectivity index (χ1n) is 5.73. The van der Waals surface area contributed by atoms with Crippen LogP contribution in [0.5, 0.6) is 0 Å². The number of aryl methyl sites for hydroxylation is 2. The van der Waals surface area contributed by atoms with Crippen LogP contribution in [0, 0.1) is 13.8 Å². The molecule has 1 aromatic carbocycles. The Bertz CT molecular complexity index is 624. The highest BCUT2D eigenvalue weighted by Gasteiger charge is 2.08. The van der Waals surface area contributed by atoms with Crippen LogP contribution in [-0.2, 0) is 6.54 Å². The minimum atomic E-state index is -0.529. The van der Waals surface area contributed by atoms with E-state index in [1.165, 1.54) is 4.88 Å². The summed E-state index contributed by atoms with van der Waals surface area (Å²) in [6, 6.07) is 5.14. The highest BCUT2D eigenvalue weighted by molar-refractivity contribution is 7.11. The Hall–Kier alpha value is -1.59. The monoisotopic (exact) mass is 295 g/mol. The van der Waals surface area contributed by atoms with Gasteiger partial charge < -0.3 is 11.1 Å². The van der Waals surface area contributed by atoms with E-state index in [-0.39, 0.29) is 0 Å². The van der Waals surface area contributed by atoms with Crippen LogP contribution in [-0.4, -0.2) is 10.9 Å². The Balaban J connectivity index is 2.14. The van der Waals surface area contributed by atoms with Crippen molar-refractivity contribution >= 4 is 34.5 Å². The molecule has 0 fully saturated rings. The van der Waals surface area contributed by atoms with Gasteiger partial charge in [-0.1, -0.05) is 11.6 Å². The lowest BCUT2D eigenvalue weighted by atomic mass is 10.2. The second-order valence-electron chi connectivity index (χ2n) is 4.15. The third-order valence-electron chi connectivity index (χ3n) is 2.68. The van der Waals surface area contributed by atoms with Gasteiger partial charge in [-0.2, -0.15) is 0 Å². The molecule has 0 atom stereocenters. The molecule has 0 aliphatic heterocycles. The molecule has 0 saturated heterocycles. The lowest BCUT2D eigenvalue weighted by Crippen LogP contribution is -2.12. The fourth-order valence-electron chi connectivity index (χ4n) is 1.74. The zero-order valence-corrected chi connectivity index (χ0v) is 12.2. The SMILES string of the molecule is Cc1nc(C)c(CNc2ccc(Cl)c(C(N)=O)c2)s1. The molecule has 2 rings (SSSR count). The fourth-order valence-corrected chi connectivity index (χ4v) is 2.83. The number of benzene rings is 1. The molecule has 4 nitrogen and oxygen atoms in total. The number of primary amides is 1. The normalized spacial score (nSPS) is 10.5. The maximum atomic E-state index is 11.2. The van der Waals surface area contributed by atoms with Crippen LogP contribution in [0.4, 0.5) is 5.69 Å². The maximum Gasteiger partial charge on any atom is 0.250 e. The van der Waals surface area contributed by atoms with Gasteiger partial charge >= 0.3 is 0 Å². The molecule has 0 aliphatic carbocycles. The number of rotatable bonds is 4. The average molecular weight is 296 g/mol. The molecular formula is C13H14ClN3OS.